The van der Waals surface area contributed by atoms with Gasteiger partial charge in [0.05, 0.1) is 20.9 Å². The van der Waals surface area contributed by atoms with Gasteiger partial charge in [-0.05, 0) is 55.4 Å². The summed E-state index contributed by atoms with van der Waals surface area (Å²) in [4.78, 5) is 19.7. The van der Waals surface area contributed by atoms with E-state index in [9.17, 15) is 13.2 Å². The van der Waals surface area contributed by atoms with Crippen LogP contribution in [0.4, 0.5) is 0 Å². The molecule has 2 heterocycles. The lowest BCUT2D eigenvalue weighted by Gasteiger charge is -2.27. The fourth-order valence-corrected chi connectivity index (χ4v) is 5.84. The van der Waals surface area contributed by atoms with Crippen LogP contribution in [0.1, 0.15) is 49.0 Å². The Morgan fingerprint density at radius 1 is 1.00 bits per heavy atom. The molecular formula is C25H28N2O3S. The average Bonchev–Trinajstić information content (AvgIpc) is 2.78. The lowest BCUT2D eigenvalue weighted by Crippen LogP contribution is -2.36. The number of pyridine rings is 1. The van der Waals surface area contributed by atoms with Gasteiger partial charge in [-0.25, -0.2) is 8.42 Å². The monoisotopic (exact) mass is 436 g/mol. The van der Waals surface area contributed by atoms with Crippen LogP contribution in [0.3, 0.4) is 0 Å². The molecule has 5 nitrogen and oxygen atoms in total. The quantitative estimate of drug-likeness (QED) is 0.571. The van der Waals surface area contributed by atoms with E-state index < -0.39 is 9.84 Å². The summed E-state index contributed by atoms with van der Waals surface area (Å²) in [6.45, 7) is 5.56. The highest BCUT2D eigenvalue weighted by atomic mass is 32.2. The maximum Gasteiger partial charge on any atom is 0.256 e. The maximum atomic E-state index is 13.8. The van der Waals surface area contributed by atoms with E-state index in [1.165, 1.54) is 6.20 Å². The van der Waals surface area contributed by atoms with E-state index in [2.05, 4.69) is 18.8 Å². The number of likely N-dealkylation sites (tertiary alicyclic amines) is 1. The Balaban J connectivity index is 1.85. The molecule has 0 radical (unpaired) electrons. The Hall–Kier alpha value is -2.73. The second-order valence-electron chi connectivity index (χ2n) is 8.62. The molecule has 0 aliphatic carbocycles. The predicted molar refractivity (Wildman–Crippen MR) is 122 cm³/mol. The van der Waals surface area contributed by atoms with Crippen LogP contribution in [0.25, 0.3) is 10.9 Å². The molecule has 1 aliphatic rings. The second kappa shape index (κ2) is 8.79. The molecule has 1 aromatic heterocycles. The number of amides is 1. The van der Waals surface area contributed by atoms with Crippen molar-refractivity contribution >= 4 is 26.6 Å². The first-order chi connectivity index (χ1) is 14.9. The summed E-state index contributed by atoms with van der Waals surface area (Å²) in [6.07, 6.45) is 5.28. The van der Waals surface area contributed by atoms with E-state index in [1.807, 2.05) is 18.2 Å². The normalized spacial score (nSPS) is 14.9. The van der Waals surface area contributed by atoms with Gasteiger partial charge < -0.3 is 4.90 Å². The summed E-state index contributed by atoms with van der Waals surface area (Å²) in [6, 6.07) is 14.1. The lowest BCUT2D eigenvalue weighted by atomic mass is 10.0. The Labute approximate surface area is 184 Å². The number of para-hydroxylation sites is 1. The minimum Gasteiger partial charge on any atom is -0.339 e. The van der Waals surface area contributed by atoms with Gasteiger partial charge in [0.2, 0.25) is 9.84 Å². The number of carbonyl (C=O) groups excluding carboxylic acids is 1. The second-order valence-corrected chi connectivity index (χ2v) is 10.5. The molecule has 0 atom stereocenters. The average molecular weight is 437 g/mol. The number of rotatable bonds is 5. The van der Waals surface area contributed by atoms with Gasteiger partial charge in [-0.1, -0.05) is 44.2 Å². The van der Waals surface area contributed by atoms with Gasteiger partial charge in [-0.15, -0.1) is 0 Å². The van der Waals surface area contributed by atoms with Crippen LogP contribution in [-0.2, 0) is 16.3 Å². The van der Waals surface area contributed by atoms with Crippen molar-refractivity contribution in [1.82, 2.24) is 9.88 Å². The lowest BCUT2D eigenvalue weighted by molar-refractivity contribution is 0.0720. The molecule has 1 amide bonds. The molecule has 1 saturated heterocycles. The third-order valence-corrected chi connectivity index (χ3v) is 7.62. The van der Waals surface area contributed by atoms with Gasteiger partial charge in [0, 0.05) is 24.7 Å². The van der Waals surface area contributed by atoms with Crippen LogP contribution < -0.4 is 0 Å². The largest absolute Gasteiger partial charge is 0.339 e. The molecule has 1 aliphatic heterocycles. The van der Waals surface area contributed by atoms with E-state index in [0.29, 0.717) is 29.9 Å². The van der Waals surface area contributed by atoms with Crippen LogP contribution in [0.15, 0.2) is 64.5 Å². The molecule has 2 aromatic carbocycles. The van der Waals surface area contributed by atoms with Crippen LogP contribution in [0, 0.1) is 5.92 Å². The summed E-state index contributed by atoms with van der Waals surface area (Å²) in [5.41, 5.74) is 1.82. The minimum absolute atomic E-state index is 0.0604. The zero-order valence-electron chi connectivity index (χ0n) is 18.0. The van der Waals surface area contributed by atoms with Gasteiger partial charge in [-0.2, -0.15) is 0 Å². The molecule has 31 heavy (non-hydrogen) atoms. The number of piperidine rings is 1. The van der Waals surface area contributed by atoms with Crippen LogP contribution in [0.5, 0.6) is 0 Å². The first-order valence-corrected chi connectivity index (χ1v) is 12.4. The minimum atomic E-state index is -3.91. The number of carbonyl (C=O) groups is 1. The van der Waals surface area contributed by atoms with Crippen molar-refractivity contribution in [3.05, 3.63) is 65.9 Å². The van der Waals surface area contributed by atoms with Gasteiger partial charge in [0.1, 0.15) is 0 Å². The third kappa shape index (κ3) is 4.35. The fraction of sp³-hybridized carbons (Fsp3) is 0.360. The van der Waals surface area contributed by atoms with E-state index in [1.54, 1.807) is 35.2 Å². The number of nitrogens with zero attached hydrogens (tertiary/aromatic N) is 2. The van der Waals surface area contributed by atoms with Gasteiger partial charge in [-0.3, -0.25) is 9.78 Å². The van der Waals surface area contributed by atoms with E-state index in [4.69, 9.17) is 0 Å². The number of fused-ring (bicyclic) bond motifs is 1. The highest BCUT2D eigenvalue weighted by Crippen LogP contribution is 2.32. The van der Waals surface area contributed by atoms with Gasteiger partial charge in [0.25, 0.3) is 5.91 Å². The van der Waals surface area contributed by atoms with Crippen molar-refractivity contribution in [2.24, 2.45) is 5.92 Å². The van der Waals surface area contributed by atoms with E-state index in [0.717, 1.165) is 31.2 Å². The van der Waals surface area contributed by atoms with E-state index >= 15 is 0 Å². The molecule has 3 aromatic rings. The van der Waals surface area contributed by atoms with E-state index in [-0.39, 0.29) is 21.3 Å². The summed E-state index contributed by atoms with van der Waals surface area (Å²) in [5.74, 6) is 0.230. The number of benzene rings is 2. The standard InChI is InChI=1S/C25H28N2O3S/c1-18(2)16-19-10-12-20(13-11-19)31(29,30)24-21-8-4-5-9-23(21)26-17-22(24)25(28)27-14-6-3-7-15-27/h4-5,8-13,17-18H,3,6-7,14-16H2,1-2H3. The number of hydrogen-bond acceptors (Lipinski definition) is 4. The molecule has 0 spiro atoms. The van der Waals surface area contributed by atoms with Crippen molar-refractivity contribution in [2.75, 3.05) is 13.1 Å². The molecule has 0 saturated carbocycles. The zero-order chi connectivity index (χ0) is 22.0. The first kappa shape index (κ1) is 21.5. The topological polar surface area (TPSA) is 67.3 Å². The summed E-state index contributed by atoms with van der Waals surface area (Å²) in [5, 5.41) is 0.483. The molecule has 0 unspecified atom stereocenters. The molecule has 1 fully saturated rings. The molecule has 6 heteroatoms. The van der Waals surface area contributed by atoms with Gasteiger partial charge in [0.15, 0.2) is 0 Å². The molecular weight excluding hydrogens is 408 g/mol. The van der Waals surface area contributed by atoms with Crippen LogP contribution >= 0.6 is 0 Å². The molecule has 162 valence electrons. The zero-order valence-corrected chi connectivity index (χ0v) is 18.9. The number of hydrogen-bond donors (Lipinski definition) is 0. The van der Waals surface area contributed by atoms with Crippen LogP contribution in [-0.4, -0.2) is 37.3 Å². The molecule has 4 rings (SSSR count). The molecule has 0 N–H and O–H groups in total. The molecule has 0 bridgehead atoms. The Morgan fingerprint density at radius 2 is 1.68 bits per heavy atom. The Morgan fingerprint density at radius 3 is 2.35 bits per heavy atom. The Bertz CT molecular complexity index is 1200. The summed E-state index contributed by atoms with van der Waals surface area (Å²) >= 11 is 0. The van der Waals surface area contributed by atoms with Crippen molar-refractivity contribution in [2.45, 2.75) is 49.3 Å². The highest BCUT2D eigenvalue weighted by molar-refractivity contribution is 7.91. The van der Waals surface area contributed by atoms with Gasteiger partial charge >= 0.3 is 0 Å². The highest BCUT2D eigenvalue weighted by Gasteiger charge is 2.30. The number of sulfone groups is 1. The summed E-state index contributed by atoms with van der Waals surface area (Å²) in [7, 11) is -3.91. The first-order valence-electron chi connectivity index (χ1n) is 10.9. The third-order valence-electron chi connectivity index (χ3n) is 5.75. The Kier molecular flexibility index (Phi) is 6.10. The number of aromatic nitrogens is 1. The predicted octanol–water partition coefficient (Wildman–Crippen LogP) is 4.89. The SMILES string of the molecule is CC(C)Cc1ccc(S(=O)(=O)c2c(C(=O)N3CCCCC3)cnc3ccccc23)cc1. The summed E-state index contributed by atoms with van der Waals surface area (Å²) < 4.78 is 27.6. The van der Waals surface area contributed by atoms with Crippen molar-refractivity contribution in [3.8, 4) is 0 Å². The fourth-order valence-electron chi connectivity index (χ4n) is 4.22. The maximum absolute atomic E-state index is 13.8. The smallest absolute Gasteiger partial charge is 0.256 e. The van der Waals surface area contributed by atoms with Crippen molar-refractivity contribution in [3.63, 3.8) is 0 Å². The van der Waals surface area contributed by atoms with Crippen molar-refractivity contribution < 1.29 is 13.2 Å². The van der Waals surface area contributed by atoms with Crippen LogP contribution in [0.2, 0.25) is 0 Å². The van der Waals surface area contributed by atoms with Crippen molar-refractivity contribution in [1.29, 1.82) is 0 Å².